The van der Waals surface area contributed by atoms with E-state index in [1.807, 2.05) is 28.8 Å². The van der Waals surface area contributed by atoms with Gasteiger partial charge in [0.2, 0.25) is 5.89 Å². The predicted molar refractivity (Wildman–Crippen MR) is 107 cm³/mol. The van der Waals surface area contributed by atoms with Crippen molar-refractivity contribution in [3.8, 4) is 10.8 Å². The summed E-state index contributed by atoms with van der Waals surface area (Å²) in [5, 5.41) is 4.27. The van der Waals surface area contributed by atoms with E-state index in [0.29, 0.717) is 0 Å². The van der Waals surface area contributed by atoms with Crippen molar-refractivity contribution in [1.82, 2.24) is 9.88 Å². The first kappa shape index (κ1) is 16.0. The zero-order chi connectivity index (χ0) is 17.3. The van der Waals surface area contributed by atoms with Gasteiger partial charge >= 0.3 is 0 Å². The third kappa shape index (κ3) is 2.92. The molecule has 0 bridgehead atoms. The number of fused-ring (bicyclic) bond motifs is 1. The Bertz CT molecular complexity index is 988. The number of aromatic nitrogens is 1. The zero-order valence-electron chi connectivity index (χ0n) is 14.2. The second-order valence-electron chi connectivity index (χ2n) is 6.45. The van der Waals surface area contributed by atoms with E-state index in [2.05, 4.69) is 46.7 Å². The monoisotopic (exact) mass is 378 g/mol. The van der Waals surface area contributed by atoms with Gasteiger partial charge in [-0.05, 0) is 40.4 Å². The summed E-state index contributed by atoms with van der Waals surface area (Å²) < 4.78 is 5.72. The van der Waals surface area contributed by atoms with Crippen LogP contribution in [-0.4, -0.2) is 16.4 Å². The molecule has 0 spiro atoms. The second kappa shape index (κ2) is 6.83. The van der Waals surface area contributed by atoms with E-state index in [1.54, 1.807) is 17.6 Å². The molecular weight excluding hydrogens is 360 g/mol. The minimum atomic E-state index is 0.285. The van der Waals surface area contributed by atoms with Gasteiger partial charge in [0.1, 0.15) is 6.26 Å². The summed E-state index contributed by atoms with van der Waals surface area (Å²) in [5.41, 5.74) is 3.77. The molecule has 0 saturated heterocycles. The number of hydrogen-bond donors (Lipinski definition) is 0. The Morgan fingerprint density at radius 2 is 1.96 bits per heavy atom. The molecule has 1 aromatic carbocycles. The van der Waals surface area contributed by atoms with Gasteiger partial charge in [-0.3, -0.25) is 4.90 Å². The van der Waals surface area contributed by atoms with Crippen LogP contribution >= 0.6 is 22.7 Å². The van der Waals surface area contributed by atoms with Gasteiger partial charge in [-0.2, -0.15) is 0 Å². The van der Waals surface area contributed by atoms with Gasteiger partial charge in [0.05, 0.1) is 16.6 Å². The number of rotatable bonds is 4. The molecule has 3 nitrogen and oxygen atoms in total. The lowest BCUT2D eigenvalue weighted by Gasteiger charge is -2.35. The van der Waals surface area contributed by atoms with Crippen molar-refractivity contribution in [2.24, 2.45) is 0 Å². The van der Waals surface area contributed by atoms with Crippen LogP contribution in [-0.2, 0) is 13.0 Å². The first-order valence-corrected chi connectivity index (χ1v) is 10.5. The van der Waals surface area contributed by atoms with E-state index in [1.165, 1.54) is 16.0 Å². The predicted octanol–water partition coefficient (Wildman–Crippen LogP) is 5.61. The Morgan fingerprint density at radius 1 is 1.04 bits per heavy atom. The van der Waals surface area contributed by atoms with Gasteiger partial charge in [0.25, 0.3) is 0 Å². The number of hydrogen-bond acceptors (Lipinski definition) is 5. The SMILES string of the molecule is c1ccc(C2c3ccsc3CCN2Cc2coc(-c3cccs3)n2)cc1. The highest BCUT2D eigenvalue weighted by Gasteiger charge is 2.30. The van der Waals surface area contributed by atoms with Crippen LogP contribution in [0.3, 0.4) is 0 Å². The molecule has 0 saturated carbocycles. The largest absolute Gasteiger partial charge is 0.444 e. The van der Waals surface area contributed by atoms with Crippen LogP contribution in [0.5, 0.6) is 0 Å². The minimum absolute atomic E-state index is 0.285. The summed E-state index contributed by atoms with van der Waals surface area (Å²) in [7, 11) is 0. The molecule has 4 aromatic rings. The molecule has 5 heteroatoms. The molecule has 4 heterocycles. The molecule has 1 atom stereocenters. The zero-order valence-corrected chi connectivity index (χ0v) is 15.8. The Labute approximate surface area is 160 Å². The molecule has 3 aromatic heterocycles. The van der Waals surface area contributed by atoms with Crippen LogP contribution in [0.4, 0.5) is 0 Å². The molecule has 26 heavy (non-hydrogen) atoms. The Hall–Kier alpha value is -2.21. The maximum absolute atomic E-state index is 5.72. The van der Waals surface area contributed by atoms with Crippen LogP contribution in [0, 0.1) is 0 Å². The molecule has 0 amide bonds. The van der Waals surface area contributed by atoms with Gasteiger partial charge < -0.3 is 4.42 Å². The molecule has 1 aliphatic heterocycles. The fourth-order valence-corrected chi connectivity index (χ4v) is 5.22. The van der Waals surface area contributed by atoms with E-state index < -0.39 is 0 Å². The van der Waals surface area contributed by atoms with Crippen molar-refractivity contribution < 1.29 is 4.42 Å². The Morgan fingerprint density at radius 3 is 2.81 bits per heavy atom. The maximum atomic E-state index is 5.72. The minimum Gasteiger partial charge on any atom is -0.444 e. The first-order valence-electron chi connectivity index (χ1n) is 8.72. The van der Waals surface area contributed by atoms with E-state index >= 15 is 0 Å². The summed E-state index contributed by atoms with van der Waals surface area (Å²) >= 11 is 3.53. The lowest BCUT2D eigenvalue weighted by molar-refractivity contribution is 0.204. The van der Waals surface area contributed by atoms with Crippen LogP contribution in [0.2, 0.25) is 0 Å². The number of thiophene rings is 2. The molecule has 0 N–H and O–H groups in total. The topological polar surface area (TPSA) is 29.3 Å². The second-order valence-corrected chi connectivity index (χ2v) is 8.40. The van der Waals surface area contributed by atoms with E-state index in [0.717, 1.165) is 36.0 Å². The quantitative estimate of drug-likeness (QED) is 0.462. The van der Waals surface area contributed by atoms with E-state index in [4.69, 9.17) is 9.40 Å². The fourth-order valence-electron chi connectivity index (χ4n) is 3.67. The fraction of sp³-hybridized carbons (Fsp3) is 0.190. The lowest BCUT2D eigenvalue weighted by Crippen LogP contribution is -2.35. The molecule has 130 valence electrons. The molecule has 1 aliphatic rings. The van der Waals surface area contributed by atoms with Crippen molar-refractivity contribution in [1.29, 1.82) is 0 Å². The summed E-state index contributed by atoms with van der Waals surface area (Å²) in [6.07, 6.45) is 2.91. The van der Waals surface area contributed by atoms with Crippen LogP contribution < -0.4 is 0 Å². The summed E-state index contributed by atoms with van der Waals surface area (Å²) in [6.45, 7) is 1.83. The first-order chi connectivity index (χ1) is 12.9. The molecule has 0 fully saturated rings. The highest BCUT2D eigenvalue weighted by molar-refractivity contribution is 7.13. The number of oxazole rings is 1. The van der Waals surface area contributed by atoms with Crippen molar-refractivity contribution >= 4 is 22.7 Å². The van der Waals surface area contributed by atoms with Crippen LogP contribution in [0.25, 0.3) is 10.8 Å². The van der Waals surface area contributed by atoms with Gasteiger partial charge in [-0.1, -0.05) is 36.4 Å². The molecule has 0 radical (unpaired) electrons. The van der Waals surface area contributed by atoms with Crippen LogP contribution in [0.1, 0.15) is 27.7 Å². The normalized spacial score (nSPS) is 17.3. The van der Waals surface area contributed by atoms with E-state index in [-0.39, 0.29) is 6.04 Å². The average molecular weight is 379 g/mol. The van der Waals surface area contributed by atoms with Gasteiger partial charge in [-0.25, -0.2) is 4.98 Å². The number of nitrogens with zero attached hydrogens (tertiary/aromatic N) is 2. The Balaban J connectivity index is 1.46. The van der Waals surface area contributed by atoms with Gasteiger partial charge in [0.15, 0.2) is 0 Å². The third-order valence-corrected chi connectivity index (χ3v) is 6.68. The van der Waals surface area contributed by atoms with Crippen molar-refractivity contribution in [3.63, 3.8) is 0 Å². The smallest absolute Gasteiger partial charge is 0.236 e. The molecule has 0 aliphatic carbocycles. The third-order valence-electron chi connectivity index (χ3n) is 4.83. The van der Waals surface area contributed by atoms with Crippen molar-refractivity contribution in [2.75, 3.05) is 6.54 Å². The number of benzene rings is 1. The summed E-state index contributed by atoms with van der Waals surface area (Å²) in [4.78, 5) is 9.82. The summed E-state index contributed by atoms with van der Waals surface area (Å²) in [5.74, 6) is 0.722. The molecule has 5 rings (SSSR count). The van der Waals surface area contributed by atoms with Crippen molar-refractivity contribution in [2.45, 2.75) is 19.0 Å². The lowest BCUT2D eigenvalue weighted by atomic mass is 9.93. The molecule has 1 unspecified atom stereocenters. The average Bonchev–Trinajstić information content (AvgIpc) is 3.43. The highest BCUT2D eigenvalue weighted by atomic mass is 32.1. The summed E-state index contributed by atoms with van der Waals surface area (Å²) in [6, 6.07) is 17.4. The van der Waals surface area contributed by atoms with Crippen molar-refractivity contribution in [3.05, 3.63) is 87.3 Å². The molecular formula is C21H18N2OS2. The Kier molecular flexibility index (Phi) is 4.21. The highest BCUT2D eigenvalue weighted by Crippen LogP contribution is 2.38. The van der Waals surface area contributed by atoms with Crippen LogP contribution in [0.15, 0.2) is 70.0 Å². The van der Waals surface area contributed by atoms with Gasteiger partial charge in [0, 0.05) is 18.0 Å². The maximum Gasteiger partial charge on any atom is 0.236 e. The van der Waals surface area contributed by atoms with Gasteiger partial charge in [-0.15, -0.1) is 22.7 Å². The standard InChI is InChI=1S/C21H18N2OS2/c1-2-5-15(6-3-1)20-17-9-12-26-18(17)8-10-23(20)13-16-14-24-21(22-16)19-7-4-11-25-19/h1-7,9,11-12,14,20H,8,10,13H2. The van der Waals surface area contributed by atoms with E-state index in [9.17, 15) is 0 Å².